The molecule has 0 bridgehead atoms. The number of benzene rings is 1. The maximum Gasteiger partial charge on any atom is 0.191 e. The van der Waals surface area contributed by atoms with E-state index in [2.05, 4.69) is 31.6 Å². The third-order valence-electron chi connectivity index (χ3n) is 4.99. The van der Waals surface area contributed by atoms with Gasteiger partial charge in [-0.1, -0.05) is 18.2 Å². The number of pyridine rings is 1. The Hall–Kier alpha value is -2.96. The third kappa shape index (κ3) is 6.01. The molecular formula is C22H31N5O2. The van der Waals surface area contributed by atoms with Crippen LogP contribution in [0.2, 0.25) is 0 Å². The molecule has 2 aromatic rings. The second kappa shape index (κ2) is 10.5. The molecule has 3 rings (SSSR count). The number of aliphatic imine (C=N–C) groups is 1. The van der Waals surface area contributed by atoms with Gasteiger partial charge in [-0.05, 0) is 44.0 Å². The van der Waals surface area contributed by atoms with Gasteiger partial charge in [0.1, 0.15) is 11.9 Å². The standard InChI is InChI=1S/C22H31N5O2/c1-17(29-20-9-5-4-8-19(20)28-3)16-25-22(23-2)26-18-11-14-27(15-12-18)21-10-6-7-13-24-21/h4-10,13,17-18H,11-12,14-16H2,1-3H3,(H2,23,25,26). The number of methoxy groups -OCH3 is 1. The minimum atomic E-state index is -0.0316. The summed E-state index contributed by atoms with van der Waals surface area (Å²) < 4.78 is 11.3. The van der Waals surface area contributed by atoms with Crippen LogP contribution in [-0.2, 0) is 0 Å². The van der Waals surface area contributed by atoms with Crippen LogP contribution in [0.15, 0.2) is 53.7 Å². The first-order valence-electron chi connectivity index (χ1n) is 10.1. The van der Waals surface area contributed by atoms with Gasteiger partial charge >= 0.3 is 0 Å². The Bertz CT molecular complexity index is 776. The number of piperidine rings is 1. The van der Waals surface area contributed by atoms with Crippen LogP contribution >= 0.6 is 0 Å². The van der Waals surface area contributed by atoms with E-state index in [1.165, 1.54) is 0 Å². The van der Waals surface area contributed by atoms with E-state index >= 15 is 0 Å². The molecule has 1 saturated heterocycles. The number of anilines is 1. The molecule has 1 aromatic carbocycles. The third-order valence-corrected chi connectivity index (χ3v) is 4.99. The first kappa shape index (κ1) is 20.8. The van der Waals surface area contributed by atoms with Crippen LogP contribution in [0.5, 0.6) is 11.5 Å². The molecule has 1 unspecified atom stereocenters. The van der Waals surface area contributed by atoms with Crippen molar-refractivity contribution in [2.75, 3.05) is 38.7 Å². The van der Waals surface area contributed by atoms with Gasteiger partial charge in [-0.3, -0.25) is 4.99 Å². The predicted octanol–water partition coefficient (Wildman–Crippen LogP) is 2.69. The lowest BCUT2D eigenvalue weighted by molar-refractivity contribution is 0.213. The summed E-state index contributed by atoms with van der Waals surface area (Å²) in [5.74, 6) is 3.34. The van der Waals surface area contributed by atoms with Gasteiger partial charge in [0.05, 0.1) is 13.7 Å². The molecule has 2 heterocycles. The molecule has 0 amide bonds. The Morgan fingerprint density at radius 2 is 1.90 bits per heavy atom. The van der Waals surface area contributed by atoms with Gasteiger partial charge in [-0.15, -0.1) is 0 Å². The maximum atomic E-state index is 6.00. The molecule has 0 saturated carbocycles. The fourth-order valence-electron chi connectivity index (χ4n) is 3.40. The molecule has 29 heavy (non-hydrogen) atoms. The molecule has 1 aromatic heterocycles. The lowest BCUT2D eigenvalue weighted by atomic mass is 10.1. The first-order chi connectivity index (χ1) is 14.2. The second-order valence-electron chi connectivity index (χ2n) is 7.13. The van der Waals surface area contributed by atoms with Gasteiger partial charge in [0.2, 0.25) is 0 Å². The van der Waals surface area contributed by atoms with Crippen molar-refractivity contribution in [1.29, 1.82) is 0 Å². The number of aromatic nitrogens is 1. The van der Waals surface area contributed by atoms with Crippen LogP contribution in [0.3, 0.4) is 0 Å². The summed E-state index contributed by atoms with van der Waals surface area (Å²) in [6.45, 7) is 4.64. The van der Waals surface area contributed by atoms with Crippen molar-refractivity contribution in [3.63, 3.8) is 0 Å². The van der Waals surface area contributed by atoms with Crippen LogP contribution in [0, 0.1) is 0 Å². The minimum absolute atomic E-state index is 0.0316. The summed E-state index contributed by atoms with van der Waals surface area (Å²) in [5.41, 5.74) is 0. The average Bonchev–Trinajstić information content (AvgIpc) is 2.78. The van der Waals surface area contributed by atoms with E-state index in [-0.39, 0.29) is 6.10 Å². The Morgan fingerprint density at radius 3 is 2.55 bits per heavy atom. The quantitative estimate of drug-likeness (QED) is 0.553. The van der Waals surface area contributed by atoms with Crippen LogP contribution in [-0.4, -0.2) is 56.9 Å². The minimum Gasteiger partial charge on any atom is -0.493 e. The molecule has 1 aliphatic rings. The van der Waals surface area contributed by atoms with Gasteiger partial charge < -0.3 is 25.0 Å². The van der Waals surface area contributed by atoms with E-state index in [0.717, 1.165) is 49.2 Å². The SMILES string of the molecule is CN=C(NCC(C)Oc1ccccc1OC)NC1CCN(c2ccccn2)CC1. The van der Waals surface area contributed by atoms with E-state index in [0.29, 0.717) is 12.6 Å². The van der Waals surface area contributed by atoms with E-state index < -0.39 is 0 Å². The number of ether oxygens (including phenoxy) is 2. The summed E-state index contributed by atoms with van der Waals surface area (Å²) in [7, 11) is 3.44. The highest BCUT2D eigenvalue weighted by Crippen LogP contribution is 2.26. The summed E-state index contributed by atoms with van der Waals surface area (Å²) in [4.78, 5) is 11.1. The lowest BCUT2D eigenvalue weighted by Gasteiger charge is -2.33. The largest absolute Gasteiger partial charge is 0.493 e. The number of guanidine groups is 1. The topological polar surface area (TPSA) is 71.0 Å². The molecule has 1 atom stereocenters. The monoisotopic (exact) mass is 397 g/mol. The second-order valence-corrected chi connectivity index (χ2v) is 7.13. The fourth-order valence-corrected chi connectivity index (χ4v) is 3.40. The highest BCUT2D eigenvalue weighted by Gasteiger charge is 2.21. The van der Waals surface area contributed by atoms with Crippen molar-refractivity contribution in [3.05, 3.63) is 48.7 Å². The molecule has 1 fully saturated rings. The Labute approximate surface area is 173 Å². The van der Waals surface area contributed by atoms with Crippen molar-refractivity contribution in [1.82, 2.24) is 15.6 Å². The molecule has 1 aliphatic heterocycles. The molecule has 0 spiro atoms. The van der Waals surface area contributed by atoms with Crippen LogP contribution in [0.1, 0.15) is 19.8 Å². The summed E-state index contributed by atoms with van der Waals surface area (Å²) in [6.07, 6.45) is 3.91. The zero-order chi connectivity index (χ0) is 20.5. The number of hydrogen-bond acceptors (Lipinski definition) is 5. The normalized spacial score (nSPS) is 16.2. The van der Waals surface area contributed by atoms with Gasteiger partial charge in [0.15, 0.2) is 17.5 Å². The van der Waals surface area contributed by atoms with Crippen LogP contribution < -0.4 is 25.0 Å². The molecular weight excluding hydrogens is 366 g/mol. The van der Waals surface area contributed by atoms with Gasteiger partial charge in [-0.25, -0.2) is 4.98 Å². The lowest BCUT2D eigenvalue weighted by Crippen LogP contribution is -2.50. The number of hydrogen-bond donors (Lipinski definition) is 2. The number of rotatable bonds is 7. The predicted molar refractivity (Wildman–Crippen MR) is 117 cm³/mol. The van der Waals surface area contributed by atoms with Crippen molar-refractivity contribution >= 4 is 11.8 Å². The molecule has 0 aliphatic carbocycles. The summed E-state index contributed by atoms with van der Waals surface area (Å²) >= 11 is 0. The van der Waals surface area contributed by atoms with E-state index in [1.807, 2.05) is 49.5 Å². The molecule has 7 nitrogen and oxygen atoms in total. The van der Waals surface area contributed by atoms with Gasteiger partial charge in [-0.2, -0.15) is 0 Å². The highest BCUT2D eigenvalue weighted by molar-refractivity contribution is 5.80. The maximum absolute atomic E-state index is 6.00. The molecule has 7 heteroatoms. The van der Waals surface area contributed by atoms with Crippen molar-refractivity contribution < 1.29 is 9.47 Å². The number of nitrogens with one attached hydrogen (secondary N) is 2. The van der Waals surface area contributed by atoms with Crippen LogP contribution in [0.25, 0.3) is 0 Å². The highest BCUT2D eigenvalue weighted by atomic mass is 16.5. The summed E-state index contributed by atoms with van der Waals surface area (Å²) in [6, 6.07) is 14.1. The van der Waals surface area contributed by atoms with E-state index in [9.17, 15) is 0 Å². The Morgan fingerprint density at radius 1 is 1.17 bits per heavy atom. The number of nitrogens with zero attached hydrogens (tertiary/aromatic N) is 3. The molecule has 156 valence electrons. The number of para-hydroxylation sites is 2. The summed E-state index contributed by atoms with van der Waals surface area (Å²) in [5, 5.41) is 6.90. The Kier molecular flexibility index (Phi) is 7.55. The van der Waals surface area contributed by atoms with Crippen LogP contribution in [0.4, 0.5) is 5.82 Å². The fraction of sp³-hybridized carbons (Fsp3) is 0.455. The van der Waals surface area contributed by atoms with Crippen molar-refractivity contribution in [2.24, 2.45) is 4.99 Å². The van der Waals surface area contributed by atoms with Gasteiger partial charge in [0, 0.05) is 32.4 Å². The Balaban J connectivity index is 1.43. The van der Waals surface area contributed by atoms with Gasteiger partial charge in [0.25, 0.3) is 0 Å². The van der Waals surface area contributed by atoms with E-state index in [4.69, 9.17) is 9.47 Å². The zero-order valence-electron chi connectivity index (χ0n) is 17.5. The molecule has 0 radical (unpaired) electrons. The van der Waals surface area contributed by atoms with Crippen molar-refractivity contribution in [2.45, 2.75) is 31.9 Å². The zero-order valence-corrected chi connectivity index (χ0v) is 17.5. The van der Waals surface area contributed by atoms with Crippen molar-refractivity contribution in [3.8, 4) is 11.5 Å². The smallest absolute Gasteiger partial charge is 0.191 e. The molecule has 2 N–H and O–H groups in total. The average molecular weight is 398 g/mol. The van der Waals surface area contributed by atoms with E-state index in [1.54, 1.807) is 14.2 Å². The first-order valence-corrected chi connectivity index (χ1v) is 10.1.